The van der Waals surface area contributed by atoms with Crippen molar-refractivity contribution in [2.24, 2.45) is 0 Å². The van der Waals surface area contributed by atoms with E-state index in [4.69, 9.17) is 9.47 Å². The lowest BCUT2D eigenvalue weighted by molar-refractivity contribution is 0.149. The molecule has 2 heterocycles. The van der Waals surface area contributed by atoms with Crippen LogP contribution in [0.25, 0.3) is 20.4 Å². The Morgan fingerprint density at radius 3 is 1.94 bits per heavy atom. The molecule has 0 radical (unpaired) electrons. The third-order valence-electron chi connectivity index (χ3n) is 4.52. The number of para-hydroxylation sites is 1. The third-order valence-corrected chi connectivity index (χ3v) is 9.05. The largest absolute Gasteiger partial charge is 0.382 e. The summed E-state index contributed by atoms with van der Waals surface area (Å²) in [5.74, 6) is 2.17. The number of thioether (sulfide) groups is 2. The van der Waals surface area contributed by atoms with Crippen LogP contribution in [-0.4, -0.2) is 47.9 Å². The predicted octanol–water partition coefficient (Wildman–Crippen LogP) is 7.94. The molecular weight excluding hydrogens is 489 g/mol. The van der Waals surface area contributed by atoms with Crippen molar-refractivity contribution >= 4 is 66.6 Å². The number of hydrogen-bond acceptors (Lipinski definition) is 8. The Morgan fingerprint density at radius 2 is 1.33 bits per heavy atom. The maximum absolute atomic E-state index is 5.32. The molecule has 0 bridgehead atoms. The lowest BCUT2D eigenvalue weighted by Crippen LogP contribution is -1.94. The molecule has 0 aliphatic rings. The Bertz CT molecular complexity index is 1060. The third kappa shape index (κ3) is 9.19. The van der Waals surface area contributed by atoms with E-state index in [1.54, 1.807) is 22.7 Å². The first-order valence-corrected chi connectivity index (χ1v) is 14.9. The first-order valence-electron chi connectivity index (χ1n) is 11.3. The van der Waals surface area contributed by atoms with Gasteiger partial charge in [-0.15, -0.1) is 22.7 Å². The van der Waals surface area contributed by atoms with Crippen LogP contribution in [0.3, 0.4) is 0 Å². The highest BCUT2D eigenvalue weighted by molar-refractivity contribution is 8.01. The van der Waals surface area contributed by atoms with Crippen molar-refractivity contribution in [1.29, 1.82) is 0 Å². The van der Waals surface area contributed by atoms with Crippen LogP contribution >= 0.6 is 46.2 Å². The Labute approximate surface area is 213 Å². The molecule has 4 aromatic rings. The zero-order valence-corrected chi connectivity index (χ0v) is 22.8. The number of fused-ring (bicyclic) bond motifs is 2. The van der Waals surface area contributed by atoms with Gasteiger partial charge in [0.25, 0.3) is 0 Å². The van der Waals surface area contributed by atoms with Gasteiger partial charge < -0.3 is 9.47 Å². The van der Waals surface area contributed by atoms with Gasteiger partial charge in [-0.3, -0.25) is 0 Å². The standard InChI is InChI=1S/C13H17NOS2.C12H15NOS2/c1-3-15-7-4-8-16-13-14-11-9-10(2)5-6-12(11)17-13;1-2-14-8-5-9-15-12-13-10-6-3-4-7-11(10)16-12/h5-6,9H,3-4,7-8H2,1-2H3;3-4,6-7H,2,5,8-9H2,1H3. The van der Waals surface area contributed by atoms with Crippen LogP contribution in [0.4, 0.5) is 0 Å². The van der Waals surface area contributed by atoms with Crippen LogP contribution in [0, 0.1) is 6.92 Å². The minimum Gasteiger partial charge on any atom is -0.382 e. The zero-order chi connectivity index (χ0) is 23.3. The molecule has 4 rings (SSSR count). The molecule has 178 valence electrons. The van der Waals surface area contributed by atoms with Crippen LogP contribution in [0.1, 0.15) is 32.3 Å². The summed E-state index contributed by atoms with van der Waals surface area (Å²) in [5, 5.41) is 0. The van der Waals surface area contributed by atoms with E-state index in [1.165, 1.54) is 19.3 Å². The van der Waals surface area contributed by atoms with E-state index in [0.717, 1.165) is 66.1 Å². The molecule has 0 saturated heterocycles. The maximum atomic E-state index is 5.32. The maximum Gasteiger partial charge on any atom is 0.151 e. The number of aromatic nitrogens is 2. The highest BCUT2D eigenvalue weighted by atomic mass is 32.2. The smallest absolute Gasteiger partial charge is 0.151 e. The summed E-state index contributed by atoms with van der Waals surface area (Å²) in [4.78, 5) is 9.20. The van der Waals surface area contributed by atoms with Crippen molar-refractivity contribution in [1.82, 2.24) is 9.97 Å². The minimum absolute atomic E-state index is 0.811. The molecule has 2 aromatic heterocycles. The number of nitrogens with zero attached hydrogens (tertiary/aromatic N) is 2. The van der Waals surface area contributed by atoms with Gasteiger partial charge >= 0.3 is 0 Å². The molecule has 0 spiro atoms. The van der Waals surface area contributed by atoms with Crippen LogP contribution < -0.4 is 0 Å². The van der Waals surface area contributed by atoms with Crippen molar-refractivity contribution in [2.75, 3.05) is 37.9 Å². The van der Waals surface area contributed by atoms with Gasteiger partial charge in [0, 0.05) is 37.9 Å². The van der Waals surface area contributed by atoms with Crippen LogP contribution in [0.5, 0.6) is 0 Å². The second kappa shape index (κ2) is 15.0. The highest BCUT2D eigenvalue weighted by Crippen LogP contribution is 2.30. The quantitative estimate of drug-likeness (QED) is 0.140. The predicted molar refractivity (Wildman–Crippen MR) is 148 cm³/mol. The van der Waals surface area contributed by atoms with Gasteiger partial charge in [0.2, 0.25) is 0 Å². The van der Waals surface area contributed by atoms with Crippen molar-refractivity contribution in [3.63, 3.8) is 0 Å². The zero-order valence-electron chi connectivity index (χ0n) is 19.5. The lowest BCUT2D eigenvalue weighted by atomic mass is 10.2. The van der Waals surface area contributed by atoms with Crippen molar-refractivity contribution < 1.29 is 9.47 Å². The molecule has 4 nitrogen and oxygen atoms in total. The molecule has 0 saturated carbocycles. The van der Waals surface area contributed by atoms with E-state index in [0.29, 0.717) is 0 Å². The molecular formula is C25H32N2O2S4. The molecule has 0 fully saturated rings. The number of ether oxygens (including phenoxy) is 2. The summed E-state index contributed by atoms with van der Waals surface area (Å²) in [6.45, 7) is 9.50. The van der Waals surface area contributed by atoms with Gasteiger partial charge in [-0.05, 0) is 63.4 Å². The summed E-state index contributed by atoms with van der Waals surface area (Å²) in [6.07, 6.45) is 2.18. The number of benzene rings is 2. The lowest BCUT2D eigenvalue weighted by Gasteiger charge is -1.98. The van der Waals surface area contributed by atoms with Gasteiger partial charge in [-0.1, -0.05) is 41.7 Å². The van der Waals surface area contributed by atoms with Crippen molar-refractivity contribution in [2.45, 2.75) is 42.3 Å². The molecule has 33 heavy (non-hydrogen) atoms. The average Bonchev–Trinajstić information content (AvgIpc) is 3.42. The normalized spacial score (nSPS) is 11.1. The average molecular weight is 521 g/mol. The summed E-state index contributed by atoms with van der Waals surface area (Å²) in [6, 6.07) is 14.7. The monoisotopic (exact) mass is 520 g/mol. The van der Waals surface area contributed by atoms with Gasteiger partial charge in [0.1, 0.15) is 0 Å². The number of thiazole rings is 2. The van der Waals surface area contributed by atoms with Gasteiger partial charge in [0.05, 0.1) is 20.4 Å². The van der Waals surface area contributed by atoms with E-state index in [2.05, 4.69) is 53.3 Å². The van der Waals surface area contributed by atoms with Gasteiger partial charge in [0.15, 0.2) is 8.68 Å². The first kappa shape index (κ1) is 26.4. The second-order valence-corrected chi connectivity index (χ2v) is 11.9. The Morgan fingerprint density at radius 1 is 0.758 bits per heavy atom. The summed E-state index contributed by atoms with van der Waals surface area (Å²) in [5.41, 5.74) is 3.51. The van der Waals surface area contributed by atoms with E-state index in [1.807, 2.05) is 43.4 Å². The summed E-state index contributed by atoms with van der Waals surface area (Å²) in [7, 11) is 0. The fraction of sp³-hybridized carbons (Fsp3) is 0.440. The summed E-state index contributed by atoms with van der Waals surface area (Å²) >= 11 is 7.21. The number of aryl methyl sites for hydroxylation is 1. The van der Waals surface area contributed by atoms with Crippen molar-refractivity contribution in [3.8, 4) is 0 Å². The van der Waals surface area contributed by atoms with E-state index in [-0.39, 0.29) is 0 Å². The van der Waals surface area contributed by atoms with Crippen LogP contribution in [0.15, 0.2) is 51.1 Å². The van der Waals surface area contributed by atoms with Gasteiger partial charge in [-0.2, -0.15) is 0 Å². The first-order chi connectivity index (χ1) is 16.2. The minimum atomic E-state index is 0.811. The number of hydrogen-bond donors (Lipinski definition) is 0. The summed E-state index contributed by atoms with van der Waals surface area (Å²) < 4.78 is 15.5. The molecule has 0 unspecified atom stereocenters. The molecule has 8 heteroatoms. The fourth-order valence-corrected chi connectivity index (χ4v) is 7.00. The fourth-order valence-electron chi connectivity index (χ4n) is 2.92. The Kier molecular flexibility index (Phi) is 12.0. The van der Waals surface area contributed by atoms with Crippen LogP contribution in [0.2, 0.25) is 0 Å². The SMILES string of the molecule is CCOCCCSc1nc2cc(C)ccc2s1.CCOCCCSc1nc2ccccc2s1. The Balaban J connectivity index is 0.000000186. The van der Waals surface area contributed by atoms with E-state index >= 15 is 0 Å². The van der Waals surface area contributed by atoms with E-state index in [9.17, 15) is 0 Å². The van der Waals surface area contributed by atoms with Crippen molar-refractivity contribution in [3.05, 3.63) is 48.0 Å². The molecule has 2 aromatic carbocycles. The number of rotatable bonds is 12. The van der Waals surface area contributed by atoms with E-state index < -0.39 is 0 Å². The molecule has 0 atom stereocenters. The van der Waals surface area contributed by atoms with Crippen LogP contribution in [-0.2, 0) is 9.47 Å². The second-order valence-electron chi connectivity index (χ2n) is 7.20. The molecule has 0 N–H and O–H groups in total. The topological polar surface area (TPSA) is 44.2 Å². The Hall–Kier alpha value is -1.16. The highest BCUT2D eigenvalue weighted by Gasteiger charge is 2.04. The molecule has 0 amide bonds. The molecule has 0 aliphatic carbocycles. The molecule has 0 aliphatic heterocycles. The van der Waals surface area contributed by atoms with Gasteiger partial charge in [-0.25, -0.2) is 9.97 Å².